The fraction of sp³-hybridized carbons (Fsp3) is 0.286. The predicted molar refractivity (Wildman–Crippen MR) is 76.2 cm³/mol. The molecule has 0 fully saturated rings. The van der Waals surface area contributed by atoms with Gasteiger partial charge in [-0.25, -0.2) is 4.98 Å². The van der Waals surface area contributed by atoms with Crippen LogP contribution in [0.3, 0.4) is 0 Å². The van der Waals surface area contributed by atoms with E-state index in [0.29, 0.717) is 0 Å². The first-order valence-electron chi connectivity index (χ1n) is 6.10. The van der Waals surface area contributed by atoms with Crippen molar-refractivity contribution >= 4 is 11.8 Å². The summed E-state index contributed by atoms with van der Waals surface area (Å²) in [6.45, 7) is 3.96. The predicted octanol–water partition coefficient (Wildman–Crippen LogP) is 2.55. The van der Waals surface area contributed by atoms with Gasteiger partial charge in [0.2, 0.25) is 5.95 Å². The molecule has 1 aromatic heterocycles. The quantitative estimate of drug-likeness (QED) is 0.881. The maximum atomic E-state index is 5.63. The zero-order valence-electron chi connectivity index (χ0n) is 11.3. The number of nitrogens with two attached hydrogens (primary N) is 1. The van der Waals surface area contributed by atoms with Gasteiger partial charge >= 0.3 is 0 Å². The highest BCUT2D eigenvalue weighted by Crippen LogP contribution is 2.21. The second kappa shape index (κ2) is 5.56. The first-order chi connectivity index (χ1) is 9.08. The minimum atomic E-state index is 0.125. The van der Waals surface area contributed by atoms with Crippen LogP contribution in [0, 0.1) is 6.92 Å². The Morgan fingerprint density at radius 2 is 1.89 bits per heavy atom. The Bertz CT molecular complexity index is 534. The van der Waals surface area contributed by atoms with E-state index in [1.54, 1.807) is 7.11 Å². The standard InChI is InChI=1S/C14H18N4O/c1-9-8-13(18-14(15)16-9)17-10(2)11-4-6-12(19-3)7-5-11/h4-8,10H,1-3H3,(H3,15,16,17,18). The number of hydrogen-bond donors (Lipinski definition) is 2. The molecule has 5 nitrogen and oxygen atoms in total. The van der Waals surface area contributed by atoms with E-state index < -0.39 is 0 Å². The first kappa shape index (κ1) is 13.1. The van der Waals surface area contributed by atoms with Crippen molar-refractivity contribution in [3.05, 3.63) is 41.6 Å². The molecule has 1 unspecified atom stereocenters. The average molecular weight is 258 g/mol. The topological polar surface area (TPSA) is 73.1 Å². The van der Waals surface area contributed by atoms with Crippen LogP contribution in [-0.2, 0) is 0 Å². The van der Waals surface area contributed by atoms with Crippen molar-refractivity contribution < 1.29 is 4.74 Å². The fourth-order valence-electron chi connectivity index (χ4n) is 1.86. The van der Waals surface area contributed by atoms with Gasteiger partial charge < -0.3 is 15.8 Å². The number of nitrogens with one attached hydrogen (secondary N) is 1. The summed E-state index contributed by atoms with van der Waals surface area (Å²) in [6.07, 6.45) is 0. The lowest BCUT2D eigenvalue weighted by Gasteiger charge is -2.15. The molecule has 0 radical (unpaired) electrons. The van der Waals surface area contributed by atoms with Gasteiger partial charge in [-0.3, -0.25) is 0 Å². The summed E-state index contributed by atoms with van der Waals surface area (Å²) >= 11 is 0. The smallest absolute Gasteiger partial charge is 0.222 e. The summed E-state index contributed by atoms with van der Waals surface area (Å²) in [5, 5.41) is 3.31. The largest absolute Gasteiger partial charge is 0.497 e. The van der Waals surface area contributed by atoms with E-state index in [1.807, 2.05) is 37.3 Å². The Kier molecular flexibility index (Phi) is 3.85. The second-order valence-corrected chi connectivity index (χ2v) is 4.39. The van der Waals surface area contributed by atoms with Gasteiger partial charge in [0, 0.05) is 17.8 Å². The van der Waals surface area contributed by atoms with Crippen LogP contribution in [0.15, 0.2) is 30.3 Å². The molecule has 0 spiro atoms. The molecule has 1 heterocycles. The molecule has 0 bridgehead atoms. The lowest BCUT2D eigenvalue weighted by Crippen LogP contribution is -2.09. The Morgan fingerprint density at radius 3 is 2.47 bits per heavy atom. The summed E-state index contributed by atoms with van der Waals surface area (Å²) in [5.41, 5.74) is 7.63. The van der Waals surface area contributed by atoms with Crippen molar-refractivity contribution in [1.82, 2.24) is 9.97 Å². The third-order valence-corrected chi connectivity index (χ3v) is 2.85. The molecule has 19 heavy (non-hydrogen) atoms. The number of hydrogen-bond acceptors (Lipinski definition) is 5. The van der Waals surface area contributed by atoms with Crippen LogP contribution in [0.25, 0.3) is 0 Å². The summed E-state index contributed by atoms with van der Waals surface area (Å²) in [4.78, 5) is 8.21. The van der Waals surface area contributed by atoms with Crippen molar-refractivity contribution in [3.8, 4) is 5.75 Å². The molecule has 2 aromatic rings. The number of benzene rings is 1. The average Bonchev–Trinajstić information content (AvgIpc) is 2.37. The molecule has 0 saturated carbocycles. The van der Waals surface area contributed by atoms with Crippen molar-refractivity contribution in [2.45, 2.75) is 19.9 Å². The maximum Gasteiger partial charge on any atom is 0.222 e. The summed E-state index contributed by atoms with van der Waals surface area (Å²) in [6, 6.07) is 9.91. The highest BCUT2D eigenvalue weighted by atomic mass is 16.5. The monoisotopic (exact) mass is 258 g/mol. The van der Waals surface area contributed by atoms with Gasteiger partial charge in [0.15, 0.2) is 0 Å². The molecule has 0 saturated heterocycles. The summed E-state index contributed by atoms with van der Waals surface area (Å²) < 4.78 is 5.14. The SMILES string of the molecule is COc1ccc(C(C)Nc2cc(C)nc(N)n2)cc1. The molecule has 0 aliphatic carbocycles. The number of aromatic nitrogens is 2. The van der Waals surface area contributed by atoms with Crippen LogP contribution in [0.1, 0.15) is 24.2 Å². The number of aryl methyl sites for hydroxylation is 1. The van der Waals surface area contributed by atoms with Crippen LogP contribution in [-0.4, -0.2) is 17.1 Å². The number of rotatable bonds is 4. The van der Waals surface area contributed by atoms with E-state index in [2.05, 4.69) is 22.2 Å². The lowest BCUT2D eigenvalue weighted by atomic mass is 10.1. The van der Waals surface area contributed by atoms with Gasteiger partial charge in [-0.05, 0) is 31.5 Å². The van der Waals surface area contributed by atoms with Gasteiger partial charge in [0.1, 0.15) is 11.6 Å². The van der Waals surface area contributed by atoms with E-state index in [-0.39, 0.29) is 12.0 Å². The van der Waals surface area contributed by atoms with Crippen LogP contribution in [0.2, 0.25) is 0 Å². The van der Waals surface area contributed by atoms with Gasteiger partial charge in [-0.15, -0.1) is 0 Å². The Hall–Kier alpha value is -2.30. The number of nitrogens with zero attached hydrogens (tertiary/aromatic N) is 2. The fourth-order valence-corrected chi connectivity index (χ4v) is 1.86. The molecule has 0 aliphatic rings. The Morgan fingerprint density at radius 1 is 1.21 bits per heavy atom. The highest BCUT2D eigenvalue weighted by Gasteiger charge is 2.07. The van der Waals surface area contributed by atoms with E-state index in [9.17, 15) is 0 Å². The zero-order valence-corrected chi connectivity index (χ0v) is 11.3. The first-order valence-corrected chi connectivity index (χ1v) is 6.10. The van der Waals surface area contributed by atoms with Crippen molar-refractivity contribution in [2.75, 3.05) is 18.2 Å². The molecule has 1 aromatic carbocycles. The molecule has 1 atom stereocenters. The van der Waals surface area contributed by atoms with Crippen LogP contribution >= 0.6 is 0 Å². The minimum absolute atomic E-state index is 0.125. The maximum absolute atomic E-state index is 5.63. The van der Waals surface area contributed by atoms with E-state index in [1.165, 1.54) is 0 Å². The molecule has 0 amide bonds. The van der Waals surface area contributed by atoms with Crippen molar-refractivity contribution in [1.29, 1.82) is 0 Å². The van der Waals surface area contributed by atoms with Crippen LogP contribution in [0.4, 0.5) is 11.8 Å². The summed E-state index contributed by atoms with van der Waals surface area (Å²) in [7, 11) is 1.66. The Labute approximate surface area is 112 Å². The van der Waals surface area contributed by atoms with Gasteiger partial charge in [-0.2, -0.15) is 4.98 Å². The molecule has 2 rings (SSSR count). The van der Waals surface area contributed by atoms with Gasteiger partial charge in [-0.1, -0.05) is 12.1 Å². The van der Waals surface area contributed by atoms with Gasteiger partial charge in [0.05, 0.1) is 7.11 Å². The van der Waals surface area contributed by atoms with Crippen LogP contribution < -0.4 is 15.8 Å². The molecule has 0 aliphatic heterocycles. The molecular weight excluding hydrogens is 240 g/mol. The molecule has 5 heteroatoms. The highest BCUT2D eigenvalue weighted by molar-refractivity contribution is 5.43. The summed E-state index contributed by atoms with van der Waals surface area (Å²) in [5.74, 6) is 1.86. The van der Waals surface area contributed by atoms with Gasteiger partial charge in [0.25, 0.3) is 0 Å². The number of anilines is 2. The third kappa shape index (κ3) is 3.34. The third-order valence-electron chi connectivity index (χ3n) is 2.85. The van der Waals surface area contributed by atoms with Crippen molar-refractivity contribution in [3.63, 3.8) is 0 Å². The number of nitrogen functional groups attached to an aromatic ring is 1. The molecule has 100 valence electrons. The Balaban J connectivity index is 2.13. The molecule has 3 N–H and O–H groups in total. The van der Waals surface area contributed by atoms with Crippen LogP contribution in [0.5, 0.6) is 5.75 Å². The number of methoxy groups -OCH3 is 1. The van der Waals surface area contributed by atoms with E-state index in [4.69, 9.17) is 10.5 Å². The van der Waals surface area contributed by atoms with E-state index >= 15 is 0 Å². The normalized spacial score (nSPS) is 11.9. The lowest BCUT2D eigenvalue weighted by molar-refractivity contribution is 0.414. The van der Waals surface area contributed by atoms with Crippen molar-refractivity contribution in [2.24, 2.45) is 0 Å². The zero-order chi connectivity index (χ0) is 13.8. The molecular formula is C14H18N4O. The second-order valence-electron chi connectivity index (χ2n) is 4.39. The minimum Gasteiger partial charge on any atom is -0.497 e. The number of ether oxygens (including phenoxy) is 1. The van der Waals surface area contributed by atoms with E-state index in [0.717, 1.165) is 22.8 Å².